The Morgan fingerprint density at radius 3 is 2.76 bits per heavy atom. The Labute approximate surface area is 122 Å². The highest BCUT2D eigenvalue weighted by Gasteiger charge is 2.25. The van der Waals surface area contributed by atoms with Gasteiger partial charge in [-0.25, -0.2) is 4.98 Å². The molecule has 100 valence electrons. The second-order valence-electron chi connectivity index (χ2n) is 5.90. The van der Waals surface area contributed by atoms with E-state index in [0.717, 1.165) is 29.2 Å². The minimum absolute atomic E-state index is 0.425. The van der Waals surface area contributed by atoms with Crippen molar-refractivity contribution in [2.24, 2.45) is 0 Å². The van der Waals surface area contributed by atoms with Crippen molar-refractivity contribution in [2.75, 3.05) is 0 Å². The second-order valence-corrected chi connectivity index (χ2v) is 5.90. The molecule has 0 saturated heterocycles. The van der Waals surface area contributed by atoms with E-state index in [9.17, 15) is 0 Å². The summed E-state index contributed by atoms with van der Waals surface area (Å²) in [4.78, 5) is 13.9. The van der Waals surface area contributed by atoms with Crippen LogP contribution >= 0.6 is 0 Å². The quantitative estimate of drug-likeness (QED) is 0.487. The molecule has 3 heterocycles. The van der Waals surface area contributed by atoms with E-state index in [4.69, 9.17) is 4.98 Å². The maximum Gasteiger partial charge on any atom is 0.0972 e. The summed E-state index contributed by atoms with van der Waals surface area (Å²) in [5, 5.41) is 0. The summed E-state index contributed by atoms with van der Waals surface area (Å²) in [6, 6.07) is 10.7. The highest BCUT2D eigenvalue weighted by atomic mass is 14.8. The summed E-state index contributed by atoms with van der Waals surface area (Å²) in [5.41, 5.74) is 9.17. The third kappa shape index (κ3) is 1.46. The molecule has 3 aromatic rings. The van der Waals surface area contributed by atoms with Crippen LogP contribution in [0.3, 0.4) is 0 Å². The molecule has 3 nitrogen and oxygen atoms in total. The van der Waals surface area contributed by atoms with Gasteiger partial charge in [0.2, 0.25) is 0 Å². The second kappa shape index (κ2) is 3.76. The van der Waals surface area contributed by atoms with Crippen molar-refractivity contribution >= 4 is 0 Å². The highest BCUT2D eigenvalue weighted by molar-refractivity contribution is 5.89. The summed E-state index contributed by atoms with van der Waals surface area (Å²) in [6.07, 6.45) is 4.74. The predicted molar refractivity (Wildman–Crippen MR) is 81.8 cm³/mol. The minimum atomic E-state index is 0.425. The van der Waals surface area contributed by atoms with Gasteiger partial charge in [-0.3, -0.25) is 9.97 Å². The van der Waals surface area contributed by atoms with Crippen molar-refractivity contribution in [1.29, 1.82) is 0 Å². The molecule has 0 amide bonds. The van der Waals surface area contributed by atoms with Gasteiger partial charge in [0.05, 0.1) is 17.1 Å². The Bertz CT molecular complexity index is 899. The van der Waals surface area contributed by atoms with Crippen molar-refractivity contribution in [3.63, 3.8) is 0 Å². The van der Waals surface area contributed by atoms with Crippen molar-refractivity contribution in [1.82, 2.24) is 15.0 Å². The van der Waals surface area contributed by atoms with Gasteiger partial charge in [-0.15, -0.1) is 0 Å². The molecule has 1 unspecified atom stereocenters. The number of pyridine rings is 3. The summed E-state index contributed by atoms with van der Waals surface area (Å²) in [5.74, 6) is 0.425. The van der Waals surface area contributed by atoms with Crippen LogP contribution in [0.5, 0.6) is 0 Å². The molecular formula is C18H13N3. The summed E-state index contributed by atoms with van der Waals surface area (Å²) in [6.45, 7) is 2.23. The first-order valence-corrected chi connectivity index (χ1v) is 7.26. The van der Waals surface area contributed by atoms with Crippen LogP contribution in [0, 0.1) is 0 Å². The van der Waals surface area contributed by atoms with E-state index in [2.05, 4.69) is 47.2 Å². The maximum absolute atomic E-state index is 4.95. The van der Waals surface area contributed by atoms with Crippen molar-refractivity contribution in [3.8, 4) is 33.8 Å². The first kappa shape index (κ1) is 11.1. The molecule has 0 aliphatic heterocycles. The molecule has 5 rings (SSSR count). The van der Waals surface area contributed by atoms with Gasteiger partial charge < -0.3 is 0 Å². The average Bonchev–Trinajstić information content (AvgIpc) is 2.71. The standard InChI is InChI=1S/C18H13N3/c1-10-6-13-7-14-11-2-4-20-16(8-11)18(14)21-17(13)12-3-5-19-15(10)9-12/h2-5,7-10H,6H2,1H3. The van der Waals surface area contributed by atoms with Crippen LogP contribution < -0.4 is 0 Å². The smallest absolute Gasteiger partial charge is 0.0972 e. The minimum Gasteiger partial charge on any atom is -0.261 e. The lowest BCUT2D eigenvalue weighted by atomic mass is 9.97. The van der Waals surface area contributed by atoms with Gasteiger partial charge in [0, 0.05) is 35.1 Å². The third-order valence-electron chi connectivity index (χ3n) is 4.50. The molecule has 3 heteroatoms. The first-order valence-electron chi connectivity index (χ1n) is 7.26. The van der Waals surface area contributed by atoms with Crippen LogP contribution in [-0.2, 0) is 6.42 Å². The Morgan fingerprint density at radius 2 is 1.81 bits per heavy atom. The largest absolute Gasteiger partial charge is 0.261 e. The molecule has 0 aromatic carbocycles. The molecular weight excluding hydrogens is 258 g/mol. The Kier molecular flexibility index (Phi) is 1.99. The van der Waals surface area contributed by atoms with E-state index in [1.807, 2.05) is 12.4 Å². The molecule has 0 N–H and O–H groups in total. The first-order chi connectivity index (χ1) is 10.3. The van der Waals surface area contributed by atoms with Crippen LogP contribution in [0.2, 0.25) is 0 Å². The fourth-order valence-corrected chi connectivity index (χ4v) is 3.40. The fourth-order valence-electron chi connectivity index (χ4n) is 3.40. The van der Waals surface area contributed by atoms with Gasteiger partial charge in [0.1, 0.15) is 0 Å². The molecule has 0 fully saturated rings. The van der Waals surface area contributed by atoms with Crippen LogP contribution in [0.25, 0.3) is 33.8 Å². The van der Waals surface area contributed by atoms with Gasteiger partial charge in [-0.2, -0.15) is 0 Å². The molecule has 0 spiro atoms. The van der Waals surface area contributed by atoms with Crippen molar-refractivity contribution < 1.29 is 0 Å². The van der Waals surface area contributed by atoms with Crippen LogP contribution in [0.4, 0.5) is 0 Å². The predicted octanol–water partition coefficient (Wildman–Crippen LogP) is 3.85. The Morgan fingerprint density at radius 1 is 0.952 bits per heavy atom. The van der Waals surface area contributed by atoms with Crippen LogP contribution in [0.15, 0.2) is 42.7 Å². The summed E-state index contributed by atoms with van der Waals surface area (Å²) >= 11 is 0. The van der Waals surface area contributed by atoms with Gasteiger partial charge in [0.15, 0.2) is 0 Å². The lowest BCUT2D eigenvalue weighted by Gasteiger charge is -2.11. The number of rotatable bonds is 0. The SMILES string of the molecule is CC1Cc2cc3c(nc2-c2ccnc1c2)-c1cc-3ccn1. The molecule has 4 bridgehead atoms. The molecule has 0 radical (unpaired) electrons. The lowest BCUT2D eigenvalue weighted by molar-refractivity contribution is 0.737. The Hall–Kier alpha value is -2.55. The normalized spacial score (nSPS) is 17.1. The number of hydrogen-bond donors (Lipinski definition) is 0. The summed E-state index contributed by atoms with van der Waals surface area (Å²) < 4.78 is 0. The van der Waals surface area contributed by atoms with E-state index >= 15 is 0 Å². The van der Waals surface area contributed by atoms with Crippen LogP contribution in [-0.4, -0.2) is 15.0 Å². The fraction of sp³-hybridized carbons (Fsp3) is 0.167. The third-order valence-corrected chi connectivity index (χ3v) is 4.50. The molecule has 2 aliphatic rings. The van der Waals surface area contributed by atoms with E-state index in [1.54, 1.807) is 0 Å². The molecule has 2 aliphatic carbocycles. The molecule has 21 heavy (non-hydrogen) atoms. The van der Waals surface area contributed by atoms with Crippen LogP contribution in [0.1, 0.15) is 24.1 Å². The topological polar surface area (TPSA) is 38.7 Å². The highest BCUT2D eigenvalue weighted by Crippen LogP contribution is 2.42. The van der Waals surface area contributed by atoms with E-state index in [0.29, 0.717) is 5.92 Å². The summed E-state index contributed by atoms with van der Waals surface area (Å²) in [7, 11) is 0. The average molecular weight is 271 g/mol. The maximum atomic E-state index is 4.95. The number of nitrogens with zero attached hydrogens (tertiary/aromatic N) is 3. The zero-order valence-electron chi connectivity index (χ0n) is 11.7. The zero-order valence-corrected chi connectivity index (χ0v) is 11.7. The molecule has 3 aromatic heterocycles. The van der Waals surface area contributed by atoms with Gasteiger partial charge in [-0.05, 0) is 47.9 Å². The molecule has 0 saturated carbocycles. The lowest BCUT2D eigenvalue weighted by Crippen LogP contribution is -1.99. The molecule has 1 atom stereocenters. The Balaban J connectivity index is 1.82. The number of fused-ring (bicyclic) bond motifs is 9. The van der Waals surface area contributed by atoms with Crippen molar-refractivity contribution in [3.05, 3.63) is 54.0 Å². The van der Waals surface area contributed by atoms with Gasteiger partial charge >= 0.3 is 0 Å². The monoisotopic (exact) mass is 271 g/mol. The van der Waals surface area contributed by atoms with E-state index < -0.39 is 0 Å². The van der Waals surface area contributed by atoms with Crippen molar-refractivity contribution in [2.45, 2.75) is 19.3 Å². The van der Waals surface area contributed by atoms with Gasteiger partial charge in [-0.1, -0.05) is 6.92 Å². The van der Waals surface area contributed by atoms with Gasteiger partial charge in [0.25, 0.3) is 0 Å². The van der Waals surface area contributed by atoms with E-state index in [1.165, 1.54) is 22.3 Å². The number of hydrogen-bond acceptors (Lipinski definition) is 3. The zero-order chi connectivity index (χ0) is 14.0. The van der Waals surface area contributed by atoms with E-state index in [-0.39, 0.29) is 0 Å². The number of aromatic nitrogens is 3.